The maximum Gasteiger partial charge on any atom is 0.0819 e. The molecule has 0 aromatic rings. The minimum absolute atomic E-state index is 0.498. The quantitative estimate of drug-likeness (QED) is 0.246. The van der Waals surface area contributed by atoms with Crippen molar-refractivity contribution in [1.29, 1.82) is 0 Å². The van der Waals surface area contributed by atoms with E-state index in [1.165, 1.54) is 77.0 Å². The van der Waals surface area contributed by atoms with E-state index in [2.05, 4.69) is 11.8 Å². The predicted octanol–water partition coefficient (Wildman–Crippen LogP) is 5.57. The van der Waals surface area contributed by atoms with Crippen molar-refractivity contribution < 1.29 is 10.1 Å². The van der Waals surface area contributed by atoms with E-state index in [9.17, 15) is 0 Å². The molecule has 0 aromatic heterocycles. The van der Waals surface area contributed by atoms with Crippen molar-refractivity contribution >= 4 is 0 Å². The molecule has 0 aliphatic carbocycles. The van der Waals surface area contributed by atoms with E-state index in [-0.39, 0.29) is 0 Å². The third-order valence-corrected chi connectivity index (χ3v) is 3.34. The van der Waals surface area contributed by atoms with Gasteiger partial charge in [0.15, 0.2) is 0 Å². The van der Waals surface area contributed by atoms with Crippen LogP contribution in [0.1, 0.15) is 90.4 Å². The summed E-state index contributed by atoms with van der Waals surface area (Å²) in [6.45, 7) is 2.77. The second kappa shape index (κ2) is 15.9. The summed E-state index contributed by atoms with van der Waals surface area (Å²) in [7, 11) is 0. The Morgan fingerprint density at radius 2 is 0.941 bits per heavy atom. The average molecular weight is 244 g/mol. The van der Waals surface area contributed by atoms with Crippen LogP contribution < -0.4 is 0 Å². The highest BCUT2D eigenvalue weighted by atomic mass is 17.1. The van der Waals surface area contributed by atoms with Gasteiger partial charge in [0.25, 0.3) is 0 Å². The summed E-state index contributed by atoms with van der Waals surface area (Å²) in [4.78, 5) is 4.04. The highest BCUT2D eigenvalue weighted by Crippen LogP contribution is 2.12. The topological polar surface area (TPSA) is 29.5 Å². The molecule has 0 spiro atoms. The van der Waals surface area contributed by atoms with E-state index in [4.69, 9.17) is 5.26 Å². The molecule has 17 heavy (non-hydrogen) atoms. The lowest BCUT2D eigenvalue weighted by Crippen LogP contribution is -1.88. The normalized spacial score (nSPS) is 10.9. The SMILES string of the molecule is CCCCCCCCCCCCCCCOO. The maximum atomic E-state index is 8.14. The molecule has 0 aromatic carbocycles. The lowest BCUT2D eigenvalue weighted by Gasteiger charge is -2.02. The minimum Gasteiger partial charge on any atom is -0.252 e. The van der Waals surface area contributed by atoms with Crippen molar-refractivity contribution in [3.05, 3.63) is 0 Å². The summed E-state index contributed by atoms with van der Waals surface area (Å²) >= 11 is 0. The van der Waals surface area contributed by atoms with Gasteiger partial charge >= 0.3 is 0 Å². The van der Waals surface area contributed by atoms with Crippen LogP contribution in [0.5, 0.6) is 0 Å². The van der Waals surface area contributed by atoms with Crippen LogP contribution in [0.25, 0.3) is 0 Å². The van der Waals surface area contributed by atoms with Gasteiger partial charge in [-0.05, 0) is 6.42 Å². The Balaban J connectivity index is 2.85. The summed E-state index contributed by atoms with van der Waals surface area (Å²) < 4.78 is 0. The molecule has 0 radical (unpaired) electrons. The van der Waals surface area contributed by atoms with Crippen LogP contribution in [0.3, 0.4) is 0 Å². The number of hydrogen-bond acceptors (Lipinski definition) is 2. The van der Waals surface area contributed by atoms with Crippen molar-refractivity contribution in [2.75, 3.05) is 6.61 Å². The molecule has 0 heterocycles. The summed E-state index contributed by atoms with van der Waals surface area (Å²) in [5.41, 5.74) is 0. The second-order valence-corrected chi connectivity index (χ2v) is 5.08. The molecule has 0 atom stereocenters. The second-order valence-electron chi connectivity index (χ2n) is 5.08. The van der Waals surface area contributed by atoms with Crippen LogP contribution in [0.4, 0.5) is 0 Å². The van der Waals surface area contributed by atoms with E-state index in [1.807, 2.05) is 0 Å². The number of hydrogen-bond donors (Lipinski definition) is 1. The van der Waals surface area contributed by atoms with Gasteiger partial charge < -0.3 is 0 Å². The summed E-state index contributed by atoms with van der Waals surface area (Å²) in [5, 5.41) is 8.14. The van der Waals surface area contributed by atoms with Gasteiger partial charge in [0.1, 0.15) is 0 Å². The zero-order valence-corrected chi connectivity index (χ0v) is 11.8. The molecule has 0 saturated heterocycles. The molecular weight excluding hydrogens is 212 g/mol. The molecule has 104 valence electrons. The first-order valence-corrected chi connectivity index (χ1v) is 7.68. The lowest BCUT2D eigenvalue weighted by molar-refractivity contribution is -0.242. The minimum atomic E-state index is 0.498. The third-order valence-electron chi connectivity index (χ3n) is 3.34. The molecule has 2 nitrogen and oxygen atoms in total. The van der Waals surface area contributed by atoms with Gasteiger partial charge in [-0.2, -0.15) is 0 Å². The fraction of sp³-hybridized carbons (Fsp3) is 1.00. The lowest BCUT2D eigenvalue weighted by atomic mass is 10.0. The molecule has 2 heteroatoms. The average Bonchev–Trinajstić information content (AvgIpc) is 2.35. The van der Waals surface area contributed by atoms with Gasteiger partial charge in [0.05, 0.1) is 6.61 Å². The molecule has 0 aliphatic rings. The molecule has 0 aliphatic heterocycles. The molecule has 0 unspecified atom stereocenters. The first-order valence-electron chi connectivity index (χ1n) is 7.68. The monoisotopic (exact) mass is 244 g/mol. The van der Waals surface area contributed by atoms with Crippen molar-refractivity contribution in [3.8, 4) is 0 Å². The predicted molar refractivity (Wildman–Crippen MR) is 74.3 cm³/mol. The molecule has 0 amide bonds. The van der Waals surface area contributed by atoms with Crippen molar-refractivity contribution in [1.82, 2.24) is 0 Å². The summed E-state index contributed by atoms with van der Waals surface area (Å²) in [5.74, 6) is 0. The van der Waals surface area contributed by atoms with Gasteiger partial charge in [0, 0.05) is 0 Å². The molecule has 0 saturated carbocycles. The van der Waals surface area contributed by atoms with E-state index in [1.54, 1.807) is 0 Å². The van der Waals surface area contributed by atoms with Crippen LogP contribution in [-0.4, -0.2) is 11.9 Å². The van der Waals surface area contributed by atoms with Gasteiger partial charge in [-0.25, -0.2) is 4.89 Å². The summed E-state index contributed by atoms with van der Waals surface area (Å²) in [6, 6.07) is 0. The van der Waals surface area contributed by atoms with E-state index >= 15 is 0 Å². The van der Waals surface area contributed by atoms with Crippen LogP contribution in [0.2, 0.25) is 0 Å². The third kappa shape index (κ3) is 15.9. The van der Waals surface area contributed by atoms with Gasteiger partial charge in [-0.15, -0.1) is 0 Å². The number of unbranched alkanes of at least 4 members (excludes halogenated alkanes) is 12. The highest BCUT2D eigenvalue weighted by molar-refractivity contribution is 4.48. The zero-order valence-electron chi connectivity index (χ0n) is 11.8. The Bertz CT molecular complexity index is 112. The van der Waals surface area contributed by atoms with Gasteiger partial charge in [-0.1, -0.05) is 84.0 Å². The van der Waals surface area contributed by atoms with E-state index in [0.29, 0.717) is 6.61 Å². The van der Waals surface area contributed by atoms with Crippen LogP contribution >= 0.6 is 0 Å². The largest absolute Gasteiger partial charge is 0.252 e. The Morgan fingerprint density at radius 1 is 0.588 bits per heavy atom. The maximum absolute atomic E-state index is 8.14. The van der Waals surface area contributed by atoms with Gasteiger partial charge in [-0.3, -0.25) is 5.26 Å². The summed E-state index contributed by atoms with van der Waals surface area (Å²) in [6.07, 6.45) is 17.5. The van der Waals surface area contributed by atoms with Gasteiger partial charge in [0.2, 0.25) is 0 Å². The van der Waals surface area contributed by atoms with Crippen molar-refractivity contribution in [3.63, 3.8) is 0 Å². The Morgan fingerprint density at radius 3 is 1.29 bits per heavy atom. The fourth-order valence-corrected chi connectivity index (χ4v) is 2.18. The van der Waals surface area contributed by atoms with Crippen LogP contribution in [-0.2, 0) is 4.89 Å². The van der Waals surface area contributed by atoms with Crippen molar-refractivity contribution in [2.45, 2.75) is 90.4 Å². The molecule has 0 bridgehead atoms. The molecule has 0 fully saturated rings. The Kier molecular flexibility index (Phi) is 15.8. The number of rotatable bonds is 14. The molecular formula is C15H32O2. The van der Waals surface area contributed by atoms with Crippen molar-refractivity contribution in [2.24, 2.45) is 0 Å². The Labute approximate surface area is 108 Å². The first kappa shape index (κ1) is 16.9. The Hall–Kier alpha value is -0.0800. The smallest absolute Gasteiger partial charge is 0.0819 e. The first-order chi connectivity index (χ1) is 8.41. The van der Waals surface area contributed by atoms with E-state index < -0.39 is 0 Å². The molecule has 0 rings (SSSR count). The molecule has 1 N–H and O–H groups in total. The zero-order chi connectivity index (χ0) is 12.6. The van der Waals surface area contributed by atoms with Crippen LogP contribution in [0, 0.1) is 0 Å². The van der Waals surface area contributed by atoms with E-state index in [0.717, 1.165) is 6.42 Å². The fourth-order valence-electron chi connectivity index (χ4n) is 2.18. The van der Waals surface area contributed by atoms with Crippen LogP contribution in [0.15, 0.2) is 0 Å². The standard InChI is InChI=1S/C15H32O2/c1-2-3-4-5-6-7-8-9-10-11-12-13-14-15-17-16/h16H,2-15H2,1H3. The highest BCUT2D eigenvalue weighted by Gasteiger charge is 1.93.